The minimum atomic E-state index is -0.307. The number of halogens is 1. The lowest BCUT2D eigenvalue weighted by Gasteiger charge is -2.43. The number of nitriles is 1. The summed E-state index contributed by atoms with van der Waals surface area (Å²) in [6.07, 6.45) is 4.38. The van der Waals surface area contributed by atoms with Crippen molar-refractivity contribution in [3.05, 3.63) is 34.9 Å². The van der Waals surface area contributed by atoms with Gasteiger partial charge in [-0.2, -0.15) is 5.26 Å². The number of nitrogens with zero attached hydrogens (tertiary/aromatic N) is 1. The van der Waals surface area contributed by atoms with Crippen LogP contribution in [0.3, 0.4) is 0 Å². The maximum Gasteiger partial charge on any atom is 0.0842 e. The largest absolute Gasteiger partial charge is 0.197 e. The Morgan fingerprint density at radius 1 is 1.44 bits per heavy atom. The molecule has 1 aromatic rings. The summed E-state index contributed by atoms with van der Waals surface area (Å²) in [6.45, 7) is 2.20. The molecule has 1 aromatic carbocycles. The molecule has 1 aliphatic carbocycles. The molecular weight excluding hydrogens is 218 g/mol. The summed E-state index contributed by atoms with van der Waals surface area (Å²) in [7, 11) is 0. The van der Waals surface area contributed by atoms with Crippen LogP contribution in [0.1, 0.15) is 38.2 Å². The Labute approximate surface area is 102 Å². The molecule has 0 spiro atoms. The Morgan fingerprint density at radius 2 is 2.12 bits per heavy atom. The van der Waals surface area contributed by atoms with Crippen molar-refractivity contribution >= 4 is 11.6 Å². The van der Waals surface area contributed by atoms with E-state index >= 15 is 0 Å². The van der Waals surface area contributed by atoms with Crippen LogP contribution in [0.5, 0.6) is 0 Å². The molecule has 2 heteroatoms. The van der Waals surface area contributed by atoms with Crippen LogP contribution in [-0.2, 0) is 5.41 Å². The topological polar surface area (TPSA) is 23.8 Å². The van der Waals surface area contributed by atoms with Crippen LogP contribution < -0.4 is 0 Å². The lowest BCUT2D eigenvalue weighted by molar-refractivity contribution is 0.185. The fourth-order valence-electron chi connectivity index (χ4n) is 2.76. The molecule has 1 saturated carbocycles. The molecule has 84 valence electrons. The first-order chi connectivity index (χ1) is 7.72. The van der Waals surface area contributed by atoms with E-state index in [1.165, 1.54) is 12.8 Å². The Hall–Kier alpha value is -1.00. The van der Waals surface area contributed by atoms with Gasteiger partial charge in [-0.25, -0.2) is 0 Å². The van der Waals surface area contributed by atoms with Crippen LogP contribution in [0.15, 0.2) is 24.3 Å². The summed E-state index contributed by atoms with van der Waals surface area (Å²) in [4.78, 5) is 0. The van der Waals surface area contributed by atoms with E-state index in [1.54, 1.807) is 0 Å². The maximum absolute atomic E-state index is 9.39. The molecule has 1 nitrogen and oxygen atoms in total. The van der Waals surface area contributed by atoms with Gasteiger partial charge in [0.1, 0.15) is 0 Å². The van der Waals surface area contributed by atoms with Crippen molar-refractivity contribution in [1.82, 2.24) is 0 Å². The number of hydrogen-bond donors (Lipinski definition) is 0. The van der Waals surface area contributed by atoms with E-state index in [1.807, 2.05) is 24.3 Å². The molecule has 16 heavy (non-hydrogen) atoms. The van der Waals surface area contributed by atoms with E-state index in [4.69, 9.17) is 11.6 Å². The van der Waals surface area contributed by atoms with Crippen molar-refractivity contribution in [2.24, 2.45) is 5.92 Å². The van der Waals surface area contributed by atoms with Crippen molar-refractivity contribution in [1.29, 1.82) is 5.26 Å². The Balaban J connectivity index is 2.21. The molecule has 1 fully saturated rings. The van der Waals surface area contributed by atoms with E-state index in [0.717, 1.165) is 23.4 Å². The average Bonchev–Trinajstić information content (AvgIpc) is 2.24. The van der Waals surface area contributed by atoms with Crippen LogP contribution in [0.4, 0.5) is 0 Å². The van der Waals surface area contributed by atoms with Gasteiger partial charge in [0, 0.05) is 5.02 Å². The maximum atomic E-state index is 9.39. The third-order valence-electron chi connectivity index (χ3n) is 3.57. The Kier molecular flexibility index (Phi) is 3.21. The highest BCUT2D eigenvalue weighted by molar-refractivity contribution is 6.31. The van der Waals surface area contributed by atoms with Crippen LogP contribution in [0, 0.1) is 17.2 Å². The SMILES string of the molecule is CCCC1CC(C#N)(c2ccccc2Cl)C1. The van der Waals surface area contributed by atoms with E-state index in [2.05, 4.69) is 13.0 Å². The van der Waals surface area contributed by atoms with Crippen molar-refractivity contribution in [2.75, 3.05) is 0 Å². The highest BCUT2D eigenvalue weighted by atomic mass is 35.5. The average molecular weight is 234 g/mol. The van der Waals surface area contributed by atoms with Crippen molar-refractivity contribution in [3.8, 4) is 6.07 Å². The van der Waals surface area contributed by atoms with E-state index in [0.29, 0.717) is 5.92 Å². The second-order valence-electron chi connectivity index (χ2n) is 4.74. The smallest absolute Gasteiger partial charge is 0.0842 e. The zero-order valence-corrected chi connectivity index (χ0v) is 10.3. The normalized spacial score (nSPS) is 28.2. The minimum absolute atomic E-state index is 0.307. The van der Waals surface area contributed by atoms with Gasteiger partial charge in [0.15, 0.2) is 0 Å². The van der Waals surface area contributed by atoms with Crippen molar-refractivity contribution in [2.45, 2.75) is 38.0 Å². The summed E-state index contributed by atoms with van der Waals surface area (Å²) in [5, 5.41) is 10.1. The Morgan fingerprint density at radius 3 is 2.69 bits per heavy atom. The van der Waals surface area contributed by atoms with Crippen LogP contribution in [0.2, 0.25) is 5.02 Å². The molecule has 0 aromatic heterocycles. The molecule has 0 heterocycles. The molecule has 0 unspecified atom stereocenters. The zero-order valence-electron chi connectivity index (χ0n) is 9.54. The lowest BCUT2D eigenvalue weighted by atomic mass is 9.58. The molecule has 0 radical (unpaired) electrons. The second kappa shape index (κ2) is 4.47. The molecule has 0 amide bonds. The number of rotatable bonds is 3. The van der Waals surface area contributed by atoms with E-state index in [-0.39, 0.29) is 5.41 Å². The van der Waals surface area contributed by atoms with E-state index in [9.17, 15) is 5.26 Å². The first-order valence-corrected chi connectivity index (χ1v) is 6.26. The second-order valence-corrected chi connectivity index (χ2v) is 5.14. The summed E-state index contributed by atoms with van der Waals surface area (Å²) < 4.78 is 0. The molecule has 2 rings (SSSR count). The van der Waals surface area contributed by atoms with Crippen LogP contribution in [0.25, 0.3) is 0 Å². The fourth-order valence-corrected chi connectivity index (χ4v) is 3.08. The van der Waals surface area contributed by atoms with Gasteiger partial charge in [-0.1, -0.05) is 49.6 Å². The lowest BCUT2D eigenvalue weighted by Crippen LogP contribution is -2.40. The predicted octanol–water partition coefficient (Wildman–Crippen LogP) is 4.31. The molecule has 0 N–H and O–H groups in total. The van der Waals surface area contributed by atoms with Crippen LogP contribution in [-0.4, -0.2) is 0 Å². The summed E-state index contributed by atoms with van der Waals surface area (Å²) >= 11 is 6.17. The van der Waals surface area contributed by atoms with Gasteiger partial charge in [0.25, 0.3) is 0 Å². The van der Waals surface area contributed by atoms with Gasteiger partial charge in [0.2, 0.25) is 0 Å². The molecule has 0 aliphatic heterocycles. The number of benzene rings is 1. The van der Waals surface area contributed by atoms with Crippen LogP contribution >= 0.6 is 11.6 Å². The molecule has 1 aliphatic rings. The van der Waals surface area contributed by atoms with Gasteiger partial charge in [0.05, 0.1) is 11.5 Å². The van der Waals surface area contributed by atoms with Crippen molar-refractivity contribution < 1.29 is 0 Å². The minimum Gasteiger partial charge on any atom is -0.197 e. The third kappa shape index (κ3) is 1.83. The van der Waals surface area contributed by atoms with Gasteiger partial charge >= 0.3 is 0 Å². The first-order valence-electron chi connectivity index (χ1n) is 5.88. The number of hydrogen-bond acceptors (Lipinski definition) is 1. The summed E-state index contributed by atoms with van der Waals surface area (Å²) in [6, 6.07) is 10.2. The zero-order chi connectivity index (χ0) is 11.6. The highest BCUT2D eigenvalue weighted by Gasteiger charge is 2.46. The monoisotopic (exact) mass is 233 g/mol. The molecular formula is C14H16ClN. The van der Waals surface area contributed by atoms with Crippen molar-refractivity contribution in [3.63, 3.8) is 0 Å². The van der Waals surface area contributed by atoms with Gasteiger partial charge in [-0.15, -0.1) is 0 Å². The third-order valence-corrected chi connectivity index (χ3v) is 3.90. The first kappa shape index (κ1) is 11.5. The summed E-state index contributed by atoms with van der Waals surface area (Å²) in [5.74, 6) is 0.709. The predicted molar refractivity (Wildman–Crippen MR) is 66.4 cm³/mol. The van der Waals surface area contributed by atoms with Gasteiger partial charge in [-0.05, 0) is 30.4 Å². The molecule has 0 atom stereocenters. The standard InChI is InChI=1S/C14H16ClN/c1-2-5-11-8-14(9-11,10-16)12-6-3-4-7-13(12)15/h3-4,6-7,11H,2,5,8-9H2,1H3. The van der Waals surface area contributed by atoms with Gasteiger partial charge in [-0.3, -0.25) is 0 Å². The molecule has 0 bridgehead atoms. The van der Waals surface area contributed by atoms with Gasteiger partial charge < -0.3 is 0 Å². The fraction of sp³-hybridized carbons (Fsp3) is 0.500. The molecule has 0 saturated heterocycles. The highest BCUT2D eigenvalue weighted by Crippen LogP contribution is 2.50. The quantitative estimate of drug-likeness (QED) is 0.763. The Bertz CT molecular complexity index is 413. The summed E-state index contributed by atoms with van der Waals surface area (Å²) in [5.41, 5.74) is 0.713. The van der Waals surface area contributed by atoms with E-state index < -0.39 is 0 Å².